The summed E-state index contributed by atoms with van der Waals surface area (Å²) in [4.78, 5) is 16.0. The smallest absolute Gasteiger partial charge is 0.171 e. The number of halogens is 1. The number of rotatable bonds is 7. The number of aromatic nitrogens is 3. The first-order valence-corrected chi connectivity index (χ1v) is 9.50. The molecule has 2 heterocycles. The normalized spacial score (nSPS) is 16.3. The molecular formula is C18H22BrN5O2. The number of fused-ring (bicyclic) bond motifs is 1. The molecule has 0 aliphatic heterocycles. The summed E-state index contributed by atoms with van der Waals surface area (Å²) in [7, 11) is 0. The predicted molar refractivity (Wildman–Crippen MR) is 103 cm³/mol. The third kappa shape index (κ3) is 4.31. The van der Waals surface area contributed by atoms with Gasteiger partial charge in [0, 0.05) is 36.0 Å². The van der Waals surface area contributed by atoms with Gasteiger partial charge >= 0.3 is 0 Å². The highest BCUT2D eigenvalue weighted by molar-refractivity contribution is 9.10. The molecule has 3 N–H and O–H groups in total. The summed E-state index contributed by atoms with van der Waals surface area (Å²) in [6, 6.07) is 2.04. The number of carbonyl (C=O) groups is 1. The Labute approximate surface area is 160 Å². The van der Waals surface area contributed by atoms with Gasteiger partial charge in [0.15, 0.2) is 5.65 Å². The van der Waals surface area contributed by atoms with E-state index in [1.54, 1.807) is 22.9 Å². The second-order valence-electron chi connectivity index (χ2n) is 6.33. The topological polar surface area (TPSA) is 91.5 Å². The highest BCUT2D eigenvalue weighted by Gasteiger charge is 2.20. The third-order valence-corrected chi connectivity index (χ3v) is 5.14. The van der Waals surface area contributed by atoms with E-state index in [0.717, 1.165) is 40.8 Å². The predicted octanol–water partition coefficient (Wildman–Crippen LogP) is 3.57. The van der Waals surface area contributed by atoms with Crippen molar-refractivity contribution in [3.8, 4) is 0 Å². The maximum absolute atomic E-state index is 11.2. The Morgan fingerprint density at radius 3 is 2.92 bits per heavy atom. The lowest BCUT2D eigenvalue weighted by atomic mass is 9.87. The molecule has 0 spiro atoms. The molecule has 1 fully saturated rings. The average Bonchev–Trinajstić information content (AvgIpc) is 3.06. The quantitative estimate of drug-likeness (QED) is 0.275. The molecule has 0 amide bonds. The number of nitrogens with zero attached hydrogens (tertiary/aromatic N) is 3. The van der Waals surface area contributed by atoms with Crippen LogP contribution in [0.2, 0.25) is 0 Å². The molecule has 3 rings (SSSR count). The number of hydroxylamine groups is 1. The first-order chi connectivity index (χ1) is 12.7. The van der Waals surface area contributed by atoms with Gasteiger partial charge in [-0.2, -0.15) is 9.61 Å². The molecule has 8 heteroatoms. The van der Waals surface area contributed by atoms with Crippen LogP contribution in [-0.2, 0) is 4.79 Å². The molecule has 1 aliphatic rings. The molecule has 26 heavy (non-hydrogen) atoms. The van der Waals surface area contributed by atoms with Crippen molar-refractivity contribution in [3.63, 3.8) is 0 Å². The highest BCUT2D eigenvalue weighted by atomic mass is 79.9. The van der Waals surface area contributed by atoms with Crippen molar-refractivity contribution in [1.82, 2.24) is 20.1 Å². The largest absolute Gasteiger partial charge is 0.366 e. The first kappa shape index (κ1) is 18.6. The Hall–Kier alpha value is -2.19. The second kappa shape index (κ2) is 8.95. The lowest BCUT2D eigenvalue weighted by molar-refractivity contribution is -0.104. The number of aldehydes is 1. The fourth-order valence-electron chi connectivity index (χ4n) is 3.24. The molecule has 0 aromatic carbocycles. The number of carbonyl (C=O) groups excluding carboxylic acids is 1. The minimum absolute atomic E-state index is 0.347. The van der Waals surface area contributed by atoms with Crippen LogP contribution in [0.1, 0.15) is 43.7 Å². The zero-order chi connectivity index (χ0) is 18.4. The molecular weight excluding hydrogens is 398 g/mol. The fourth-order valence-corrected chi connectivity index (χ4v) is 3.58. The van der Waals surface area contributed by atoms with Crippen molar-refractivity contribution in [2.75, 3.05) is 11.9 Å². The van der Waals surface area contributed by atoms with Gasteiger partial charge in [0.05, 0.1) is 10.7 Å². The second-order valence-corrected chi connectivity index (χ2v) is 7.18. The first-order valence-electron chi connectivity index (χ1n) is 8.71. The van der Waals surface area contributed by atoms with Crippen LogP contribution in [0.4, 0.5) is 5.82 Å². The summed E-state index contributed by atoms with van der Waals surface area (Å²) in [5.74, 6) is 1.27. The van der Waals surface area contributed by atoms with E-state index in [4.69, 9.17) is 10.2 Å². The van der Waals surface area contributed by atoms with E-state index in [1.807, 2.05) is 11.5 Å². The molecule has 0 atom stereocenters. The Balaban J connectivity index is 1.87. The van der Waals surface area contributed by atoms with Crippen LogP contribution in [-0.4, -0.2) is 32.6 Å². The zero-order valence-electron chi connectivity index (χ0n) is 14.4. The van der Waals surface area contributed by atoms with Crippen LogP contribution < -0.4 is 10.8 Å². The number of allylic oxidation sites excluding steroid dienone is 2. The molecule has 0 radical (unpaired) electrons. The van der Waals surface area contributed by atoms with Crippen molar-refractivity contribution in [3.05, 3.63) is 46.4 Å². The van der Waals surface area contributed by atoms with Crippen molar-refractivity contribution in [2.45, 2.75) is 38.0 Å². The van der Waals surface area contributed by atoms with E-state index in [2.05, 4.69) is 26.3 Å². The number of nitrogens with one attached hydrogen (secondary N) is 2. The van der Waals surface area contributed by atoms with E-state index in [1.165, 1.54) is 25.5 Å². The summed E-state index contributed by atoms with van der Waals surface area (Å²) < 4.78 is 2.59. The van der Waals surface area contributed by atoms with Crippen LogP contribution in [0.15, 0.2) is 40.7 Å². The maximum atomic E-state index is 11.2. The summed E-state index contributed by atoms with van der Waals surface area (Å²) in [6.07, 6.45) is 13.1. The standard InChI is InChI=1S/C18H22BrN5O2/c19-15-11-21-24-17(20-10-13(12-25)5-4-8-22-26)9-16(23-18(15)24)14-6-2-1-3-7-14/h4-5,8-9,11-12,14,20,22,26H,1-3,6-7,10H2/b8-4-,13-5-. The van der Waals surface area contributed by atoms with Gasteiger partial charge in [-0.1, -0.05) is 25.3 Å². The molecule has 1 aliphatic carbocycles. The van der Waals surface area contributed by atoms with Crippen LogP contribution in [0.3, 0.4) is 0 Å². The fraction of sp³-hybridized carbons (Fsp3) is 0.389. The Morgan fingerprint density at radius 2 is 2.19 bits per heavy atom. The van der Waals surface area contributed by atoms with E-state index < -0.39 is 0 Å². The number of hydrogen-bond donors (Lipinski definition) is 3. The van der Waals surface area contributed by atoms with Crippen LogP contribution in [0.25, 0.3) is 5.65 Å². The SMILES string of the molecule is O=C/C(=C\C=C/NO)CNc1cc(C2CCCCC2)nc2c(Br)cnn12. The van der Waals surface area contributed by atoms with Gasteiger partial charge < -0.3 is 5.32 Å². The molecule has 2 aromatic heterocycles. The number of hydrogen-bond acceptors (Lipinski definition) is 6. The minimum atomic E-state index is 0.347. The molecule has 0 bridgehead atoms. The monoisotopic (exact) mass is 419 g/mol. The Bertz CT molecular complexity index is 824. The van der Waals surface area contributed by atoms with E-state index >= 15 is 0 Å². The van der Waals surface area contributed by atoms with Gasteiger partial charge in [-0.15, -0.1) is 0 Å². The van der Waals surface area contributed by atoms with Gasteiger partial charge in [0.1, 0.15) is 12.1 Å². The van der Waals surface area contributed by atoms with Gasteiger partial charge in [-0.25, -0.2) is 4.98 Å². The Kier molecular flexibility index (Phi) is 6.40. The molecule has 138 valence electrons. The maximum Gasteiger partial charge on any atom is 0.171 e. The van der Waals surface area contributed by atoms with E-state index in [0.29, 0.717) is 18.0 Å². The van der Waals surface area contributed by atoms with Crippen molar-refractivity contribution < 1.29 is 10.0 Å². The van der Waals surface area contributed by atoms with Gasteiger partial charge in [-0.3, -0.25) is 15.5 Å². The average molecular weight is 420 g/mol. The Morgan fingerprint density at radius 1 is 1.38 bits per heavy atom. The molecule has 7 nitrogen and oxygen atoms in total. The molecule has 1 saturated carbocycles. The summed E-state index contributed by atoms with van der Waals surface area (Å²) in [5, 5.41) is 16.2. The van der Waals surface area contributed by atoms with Gasteiger partial charge in [0.25, 0.3) is 0 Å². The summed E-state index contributed by atoms with van der Waals surface area (Å²) in [5.41, 5.74) is 4.30. The van der Waals surface area contributed by atoms with Crippen LogP contribution >= 0.6 is 15.9 Å². The van der Waals surface area contributed by atoms with Crippen LogP contribution in [0, 0.1) is 0 Å². The zero-order valence-corrected chi connectivity index (χ0v) is 15.9. The molecule has 0 unspecified atom stereocenters. The van der Waals surface area contributed by atoms with Crippen LogP contribution in [0.5, 0.6) is 0 Å². The molecule has 0 saturated heterocycles. The van der Waals surface area contributed by atoms with Crippen molar-refractivity contribution >= 4 is 33.7 Å². The summed E-state index contributed by atoms with van der Waals surface area (Å²) >= 11 is 3.51. The lowest BCUT2D eigenvalue weighted by Gasteiger charge is -2.22. The third-order valence-electron chi connectivity index (χ3n) is 4.58. The van der Waals surface area contributed by atoms with E-state index in [-0.39, 0.29) is 0 Å². The van der Waals surface area contributed by atoms with Gasteiger partial charge in [-0.05, 0) is 34.8 Å². The molecule has 2 aromatic rings. The lowest BCUT2D eigenvalue weighted by Crippen LogP contribution is -2.13. The highest BCUT2D eigenvalue weighted by Crippen LogP contribution is 2.33. The number of anilines is 1. The summed E-state index contributed by atoms with van der Waals surface area (Å²) in [6.45, 7) is 0.347. The van der Waals surface area contributed by atoms with Crippen molar-refractivity contribution in [2.24, 2.45) is 0 Å². The van der Waals surface area contributed by atoms with Crippen molar-refractivity contribution in [1.29, 1.82) is 0 Å². The minimum Gasteiger partial charge on any atom is -0.366 e. The van der Waals surface area contributed by atoms with Gasteiger partial charge in [0.2, 0.25) is 0 Å². The van der Waals surface area contributed by atoms with E-state index in [9.17, 15) is 4.79 Å².